The number of hydrogen-bond acceptors (Lipinski definition) is 4. The van der Waals surface area contributed by atoms with Gasteiger partial charge in [-0.05, 0) is 84.9 Å². The maximum Gasteiger partial charge on any atom is 0.176 e. The third-order valence-corrected chi connectivity index (χ3v) is 11.5. The van der Waals surface area contributed by atoms with E-state index in [-0.39, 0.29) is 57.0 Å². The minimum absolute atomic E-state index is 0.00417. The van der Waals surface area contributed by atoms with Crippen molar-refractivity contribution in [2.45, 2.75) is 86.0 Å². The summed E-state index contributed by atoms with van der Waals surface area (Å²) in [4.78, 5) is 26.8. The summed E-state index contributed by atoms with van der Waals surface area (Å²) in [7, 11) is 0. The molecule has 4 saturated carbocycles. The minimum Gasteiger partial charge on any atom is -0.299 e. The molecule has 0 aromatic rings. The van der Waals surface area contributed by atoms with Gasteiger partial charge in [0, 0.05) is 18.3 Å². The highest BCUT2D eigenvalue weighted by Gasteiger charge is 2.67. The van der Waals surface area contributed by atoms with Crippen molar-refractivity contribution in [1.29, 1.82) is 10.5 Å². The SMILES string of the molecule is CC1C(=O)C(C#N)=CC2(C)C1CCC1(C)C3CCC4(C#N)CCC(C)(C)CC4C3C(=O)CC21. The molecule has 9 atom stereocenters. The normalized spacial score (nSPS) is 50.5. The second-order valence-corrected chi connectivity index (χ2v) is 13.5. The summed E-state index contributed by atoms with van der Waals surface area (Å²) >= 11 is 0. The van der Waals surface area contributed by atoms with Crippen molar-refractivity contribution in [3.63, 3.8) is 0 Å². The molecule has 5 rings (SSSR count). The number of Topliss-reactive ketones (excluding diaryl/α,β-unsaturated/α-hetero) is 2. The van der Waals surface area contributed by atoms with Gasteiger partial charge in [0.1, 0.15) is 11.9 Å². The average molecular weight is 447 g/mol. The van der Waals surface area contributed by atoms with Gasteiger partial charge in [0.15, 0.2) is 5.78 Å². The zero-order chi connectivity index (χ0) is 24.0. The van der Waals surface area contributed by atoms with E-state index < -0.39 is 0 Å². The molecule has 9 unspecified atom stereocenters. The molecular weight excluding hydrogens is 408 g/mol. The Hall–Kier alpha value is -1.94. The first-order valence-electron chi connectivity index (χ1n) is 13.0. The molecule has 5 aliphatic rings. The van der Waals surface area contributed by atoms with E-state index >= 15 is 0 Å². The van der Waals surface area contributed by atoms with Crippen molar-refractivity contribution >= 4 is 11.6 Å². The fraction of sp³-hybridized carbons (Fsp3) is 0.793. The van der Waals surface area contributed by atoms with Crippen molar-refractivity contribution in [2.75, 3.05) is 0 Å². The van der Waals surface area contributed by atoms with E-state index in [9.17, 15) is 20.1 Å². The molecule has 176 valence electrons. The molecule has 0 aromatic carbocycles. The van der Waals surface area contributed by atoms with Crippen LogP contribution >= 0.6 is 0 Å². The Morgan fingerprint density at radius 3 is 2.30 bits per heavy atom. The van der Waals surface area contributed by atoms with Crippen molar-refractivity contribution in [1.82, 2.24) is 0 Å². The molecular formula is C29H38N2O2. The quantitative estimate of drug-likeness (QED) is 0.455. The summed E-state index contributed by atoms with van der Waals surface area (Å²) < 4.78 is 0. The molecule has 0 amide bonds. The zero-order valence-corrected chi connectivity index (χ0v) is 20.9. The highest BCUT2D eigenvalue weighted by Crippen LogP contribution is 2.70. The summed E-state index contributed by atoms with van der Waals surface area (Å²) in [5, 5.41) is 20.0. The molecule has 4 heteroatoms. The Morgan fingerprint density at radius 2 is 1.64 bits per heavy atom. The fourth-order valence-electron chi connectivity index (χ4n) is 9.73. The van der Waals surface area contributed by atoms with Gasteiger partial charge in [0.2, 0.25) is 0 Å². The van der Waals surface area contributed by atoms with Crippen LogP contribution in [0, 0.1) is 79.8 Å². The Balaban J connectivity index is 1.58. The Morgan fingerprint density at radius 1 is 0.939 bits per heavy atom. The number of allylic oxidation sites excluding steroid dienone is 2. The lowest BCUT2D eigenvalue weighted by atomic mass is 9.36. The van der Waals surface area contributed by atoms with Crippen LogP contribution < -0.4 is 0 Å². The molecule has 0 aliphatic heterocycles. The fourth-order valence-corrected chi connectivity index (χ4v) is 9.73. The number of hydrogen-bond donors (Lipinski definition) is 0. The lowest BCUT2D eigenvalue weighted by molar-refractivity contribution is -0.180. The number of nitrogens with zero attached hydrogens (tertiary/aromatic N) is 2. The van der Waals surface area contributed by atoms with Crippen LogP contribution in [0.25, 0.3) is 0 Å². The van der Waals surface area contributed by atoms with E-state index in [2.05, 4.69) is 39.8 Å². The van der Waals surface area contributed by atoms with Crippen LogP contribution in [0.5, 0.6) is 0 Å². The summed E-state index contributed by atoms with van der Waals surface area (Å²) in [5.41, 5.74) is -0.165. The first kappa shape index (κ1) is 22.8. The molecule has 0 saturated heterocycles. The lowest BCUT2D eigenvalue weighted by Crippen LogP contribution is -2.63. The highest BCUT2D eigenvalue weighted by molar-refractivity contribution is 6.01. The van der Waals surface area contributed by atoms with Gasteiger partial charge in [-0.2, -0.15) is 10.5 Å². The Labute approximate surface area is 198 Å². The summed E-state index contributed by atoms with van der Waals surface area (Å²) in [6, 6.07) is 4.90. The van der Waals surface area contributed by atoms with Crippen LogP contribution in [0.4, 0.5) is 0 Å². The molecule has 0 heterocycles. The lowest BCUT2D eigenvalue weighted by Gasteiger charge is -2.66. The zero-order valence-electron chi connectivity index (χ0n) is 20.9. The maximum atomic E-state index is 14.0. The van der Waals surface area contributed by atoms with Gasteiger partial charge in [0.25, 0.3) is 0 Å². The second kappa shape index (κ2) is 7.04. The smallest absolute Gasteiger partial charge is 0.176 e. The summed E-state index contributed by atoms with van der Waals surface area (Å²) in [5.74, 6) is 0.965. The van der Waals surface area contributed by atoms with E-state index in [1.807, 2.05) is 13.0 Å². The molecule has 33 heavy (non-hydrogen) atoms. The van der Waals surface area contributed by atoms with Crippen molar-refractivity contribution in [3.05, 3.63) is 11.6 Å². The highest BCUT2D eigenvalue weighted by atomic mass is 16.1. The van der Waals surface area contributed by atoms with E-state index in [0.717, 1.165) is 44.9 Å². The van der Waals surface area contributed by atoms with Crippen molar-refractivity contribution in [2.24, 2.45) is 57.2 Å². The molecule has 0 aromatic heterocycles. The number of nitriles is 2. The van der Waals surface area contributed by atoms with Gasteiger partial charge < -0.3 is 0 Å². The van der Waals surface area contributed by atoms with E-state index in [1.165, 1.54) is 0 Å². The van der Waals surface area contributed by atoms with Gasteiger partial charge in [-0.15, -0.1) is 0 Å². The Kier molecular flexibility index (Phi) is 4.87. The van der Waals surface area contributed by atoms with Crippen LogP contribution in [0.1, 0.15) is 86.0 Å². The minimum atomic E-state index is -0.337. The van der Waals surface area contributed by atoms with E-state index in [0.29, 0.717) is 23.7 Å². The summed E-state index contributed by atoms with van der Waals surface area (Å²) in [6.45, 7) is 11.2. The van der Waals surface area contributed by atoms with Gasteiger partial charge in [-0.25, -0.2) is 0 Å². The molecule has 0 N–H and O–H groups in total. The average Bonchev–Trinajstić information content (AvgIpc) is 2.77. The number of ketones is 2. The monoisotopic (exact) mass is 446 g/mol. The van der Waals surface area contributed by atoms with Crippen LogP contribution in [-0.2, 0) is 9.59 Å². The molecule has 4 nitrogen and oxygen atoms in total. The standard InChI is InChI=1S/C29H38N2O2/c1-17-19-6-8-27(4)20-7-9-29(16-31)11-10-26(2,3)14-21(29)24(20)22(32)12-23(27)28(19,5)13-18(15-30)25(17)33/h13,17,19-21,23-24H,6-12,14H2,1-5H3. The van der Waals surface area contributed by atoms with Gasteiger partial charge in [0.05, 0.1) is 17.1 Å². The first-order valence-corrected chi connectivity index (χ1v) is 13.0. The van der Waals surface area contributed by atoms with Crippen LogP contribution in [0.2, 0.25) is 0 Å². The third kappa shape index (κ3) is 2.92. The van der Waals surface area contributed by atoms with Crippen LogP contribution in [0.15, 0.2) is 11.6 Å². The molecule has 0 radical (unpaired) electrons. The van der Waals surface area contributed by atoms with Gasteiger partial charge in [-0.1, -0.05) is 40.7 Å². The van der Waals surface area contributed by atoms with E-state index in [4.69, 9.17) is 0 Å². The number of carbonyl (C=O) groups is 2. The van der Waals surface area contributed by atoms with Gasteiger partial charge in [-0.3, -0.25) is 9.59 Å². The number of rotatable bonds is 0. The van der Waals surface area contributed by atoms with Gasteiger partial charge >= 0.3 is 0 Å². The van der Waals surface area contributed by atoms with E-state index in [1.54, 1.807) is 0 Å². The van der Waals surface area contributed by atoms with Crippen LogP contribution in [-0.4, -0.2) is 11.6 Å². The third-order valence-electron chi connectivity index (χ3n) is 11.5. The molecule has 4 fully saturated rings. The Bertz CT molecular complexity index is 1030. The summed E-state index contributed by atoms with van der Waals surface area (Å²) in [6.07, 6.45) is 9.33. The number of carbonyl (C=O) groups excluding carboxylic acids is 2. The molecule has 5 aliphatic carbocycles. The predicted octanol–water partition coefficient (Wildman–Crippen LogP) is 6.03. The predicted molar refractivity (Wildman–Crippen MR) is 125 cm³/mol. The second-order valence-electron chi connectivity index (χ2n) is 13.5. The largest absolute Gasteiger partial charge is 0.299 e. The first-order chi connectivity index (χ1) is 15.4. The van der Waals surface area contributed by atoms with Crippen LogP contribution in [0.3, 0.4) is 0 Å². The maximum absolute atomic E-state index is 14.0. The molecule has 0 spiro atoms. The topological polar surface area (TPSA) is 81.7 Å². The number of fused-ring (bicyclic) bond motifs is 7. The van der Waals surface area contributed by atoms with Crippen molar-refractivity contribution in [3.8, 4) is 12.1 Å². The molecule has 0 bridgehead atoms. The van der Waals surface area contributed by atoms with Crippen molar-refractivity contribution < 1.29 is 9.59 Å².